The number of phenolic OH excluding ortho intramolecular Hbond substituents is 1. The van der Waals surface area contributed by atoms with Crippen LogP contribution in [0.4, 0.5) is 13.2 Å². The third-order valence-electron chi connectivity index (χ3n) is 3.96. The maximum Gasteiger partial charge on any atom is 0.255 e. The van der Waals surface area contributed by atoms with Crippen molar-refractivity contribution in [2.45, 2.75) is 31.7 Å². The van der Waals surface area contributed by atoms with Gasteiger partial charge in [-0.25, -0.2) is 8.78 Å². The number of carbonyl (C=O) groups is 1. The molecule has 0 saturated heterocycles. The van der Waals surface area contributed by atoms with Crippen LogP contribution < -0.4 is 5.32 Å². The molecule has 4 nitrogen and oxygen atoms in total. The molecular formula is C14H13F3N2O2. The topological polar surface area (TPSA) is 73.1 Å². The summed E-state index contributed by atoms with van der Waals surface area (Å²) < 4.78 is 39.9. The van der Waals surface area contributed by atoms with Crippen LogP contribution in [0, 0.1) is 34.7 Å². The second-order valence-corrected chi connectivity index (χ2v) is 5.21. The van der Waals surface area contributed by atoms with Gasteiger partial charge in [-0.05, 0) is 31.2 Å². The van der Waals surface area contributed by atoms with Crippen molar-refractivity contribution in [2.24, 2.45) is 5.92 Å². The van der Waals surface area contributed by atoms with Gasteiger partial charge in [-0.2, -0.15) is 9.65 Å². The van der Waals surface area contributed by atoms with E-state index in [9.17, 15) is 23.2 Å². The van der Waals surface area contributed by atoms with Crippen molar-refractivity contribution in [2.75, 3.05) is 0 Å². The van der Waals surface area contributed by atoms with E-state index in [0.717, 1.165) is 12.8 Å². The molecule has 2 atom stereocenters. The number of nitriles is 1. The lowest BCUT2D eigenvalue weighted by Gasteiger charge is -2.27. The molecule has 1 saturated carbocycles. The molecule has 0 heterocycles. The van der Waals surface area contributed by atoms with Crippen molar-refractivity contribution < 1.29 is 23.1 Å². The van der Waals surface area contributed by atoms with Gasteiger partial charge in [0.05, 0.1) is 11.6 Å². The van der Waals surface area contributed by atoms with E-state index < -0.39 is 40.2 Å². The molecule has 1 amide bonds. The lowest BCUT2D eigenvalue weighted by molar-refractivity contribution is 0.0900. The van der Waals surface area contributed by atoms with E-state index in [0.29, 0.717) is 12.5 Å². The molecule has 1 fully saturated rings. The Morgan fingerprint density at radius 3 is 2.67 bits per heavy atom. The Kier molecular flexibility index (Phi) is 3.81. The van der Waals surface area contributed by atoms with Gasteiger partial charge >= 0.3 is 0 Å². The molecule has 2 rings (SSSR count). The van der Waals surface area contributed by atoms with Crippen LogP contribution in [0.2, 0.25) is 0 Å². The zero-order chi connectivity index (χ0) is 15.8. The molecule has 1 aliphatic rings. The SMILES string of the molecule is C[C@@H]1CCC[C@]1(C#N)NC(=O)c1cc(F)c(F)c(O)c1F. The van der Waals surface area contributed by atoms with Crippen molar-refractivity contribution in [1.82, 2.24) is 5.32 Å². The summed E-state index contributed by atoms with van der Waals surface area (Å²) in [5, 5.41) is 20.8. The smallest absolute Gasteiger partial charge is 0.255 e. The zero-order valence-corrected chi connectivity index (χ0v) is 11.2. The Labute approximate surface area is 119 Å². The quantitative estimate of drug-likeness (QED) is 0.824. The fraction of sp³-hybridized carbons (Fsp3) is 0.429. The molecule has 0 aromatic heterocycles. The summed E-state index contributed by atoms with van der Waals surface area (Å²) >= 11 is 0. The van der Waals surface area contributed by atoms with E-state index in [4.69, 9.17) is 5.11 Å². The van der Waals surface area contributed by atoms with E-state index >= 15 is 0 Å². The molecule has 0 unspecified atom stereocenters. The number of phenols is 1. The van der Waals surface area contributed by atoms with Crippen LogP contribution in [0.3, 0.4) is 0 Å². The molecule has 1 aliphatic carbocycles. The van der Waals surface area contributed by atoms with Crippen LogP contribution in [0.5, 0.6) is 5.75 Å². The van der Waals surface area contributed by atoms with Crippen LogP contribution in [-0.2, 0) is 0 Å². The van der Waals surface area contributed by atoms with Gasteiger partial charge in [0.15, 0.2) is 17.4 Å². The van der Waals surface area contributed by atoms with Gasteiger partial charge in [-0.15, -0.1) is 0 Å². The number of amides is 1. The first-order valence-corrected chi connectivity index (χ1v) is 6.42. The number of hydrogen-bond acceptors (Lipinski definition) is 3. The summed E-state index contributed by atoms with van der Waals surface area (Å²) in [5.41, 5.74) is -2.00. The summed E-state index contributed by atoms with van der Waals surface area (Å²) in [4.78, 5) is 12.0. The number of nitrogens with one attached hydrogen (secondary N) is 1. The van der Waals surface area contributed by atoms with E-state index in [1.165, 1.54) is 0 Å². The third kappa shape index (κ3) is 2.42. The Hall–Kier alpha value is -2.23. The number of halogens is 3. The zero-order valence-electron chi connectivity index (χ0n) is 11.2. The molecule has 1 aromatic carbocycles. The minimum absolute atomic E-state index is 0.145. The number of aromatic hydroxyl groups is 1. The van der Waals surface area contributed by atoms with E-state index in [-0.39, 0.29) is 5.92 Å². The average Bonchev–Trinajstić information content (AvgIpc) is 2.82. The highest BCUT2D eigenvalue weighted by Gasteiger charge is 2.42. The first-order chi connectivity index (χ1) is 9.82. The molecule has 0 spiro atoms. The Balaban J connectivity index is 2.36. The summed E-state index contributed by atoms with van der Waals surface area (Å²) in [6.45, 7) is 1.77. The predicted molar refractivity (Wildman–Crippen MR) is 66.8 cm³/mol. The summed E-state index contributed by atoms with van der Waals surface area (Å²) in [6, 6.07) is 2.37. The molecule has 21 heavy (non-hydrogen) atoms. The van der Waals surface area contributed by atoms with Crippen molar-refractivity contribution in [3.05, 3.63) is 29.1 Å². The molecule has 1 aromatic rings. The van der Waals surface area contributed by atoms with Gasteiger partial charge in [0.1, 0.15) is 5.54 Å². The highest BCUT2D eigenvalue weighted by molar-refractivity contribution is 5.95. The minimum atomic E-state index is -1.76. The van der Waals surface area contributed by atoms with Gasteiger partial charge in [0.2, 0.25) is 5.82 Å². The van der Waals surface area contributed by atoms with Crippen LogP contribution in [0.15, 0.2) is 6.07 Å². The van der Waals surface area contributed by atoms with Gasteiger partial charge in [0, 0.05) is 0 Å². The number of benzene rings is 1. The fourth-order valence-electron chi connectivity index (χ4n) is 2.59. The molecular weight excluding hydrogens is 285 g/mol. The van der Waals surface area contributed by atoms with Crippen LogP contribution in [0.25, 0.3) is 0 Å². The summed E-state index contributed by atoms with van der Waals surface area (Å²) in [7, 11) is 0. The Morgan fingerprint density at radius 2 is 2.14 bits per heavy atom. The third-order valence-corrected chi connectivity index (χ3v) is 3.96. The normalized spacial score (nSPS) is 24.6. The second-order valence-electron chi connectivity index (χ2n) is 5.21. The molecule has 0 radical (unpaired) electrons. The number of nitrogens with zero attached hydrogens (tertiary/aromatic N) is 1. The van der Waals surface area contributed by atoms with Crippen molar-refractivity contribution in [3.8, 4) is 11.8 Å². The standard InChI is InChI=1S/C14H13F3N2O2/c1-7-3-2-4-14(7,6-18)19-13(21)8-5-9(15)11(17)12(20)10(8)16/h5,7,20H,2-4H2,1H3,(H,19,21)/t7-,14-/m1/s1. The summed E-state index contributed by atoms with van der Waals surface area (Å²) in [6.07, 6.45) is 1.84. The molecule has 0 bridgehead atoms. The van der Waals surface area contributed by atoms with Crippen LogP contribution >= 0.6 is 0 Å². The predicted octanol–water partition coefficient (Wildman–Crippen LogP) is 2.62. The highest BCUT2D eigenvalue weighted by Crippen LogP contribution is 2.35. The Bertz CT molecular complexity index is 642. The van der Waals surface area contributed by atoms with Gasteiger partial charge in [-0.1, -0.05) is 6.92 Å². The maximum atomic E-state index is 13.7. The number of rotatable bonds is 2. The summed E-state index contributed by atoms with van der Waals surface area (Å²) in [5.74, 6) is -7.60. The lowest BCUT2D eigenvalue weighted by atomic mass is 9.89. The second kappa shape index (κ2) is 5.28. The van der Waals surface area contributed by atoms with Gasteiger partial charge < -0.3 is 10.4 Å². The fourth-order valence-corrected chi connectivity index (χ4v) is 2.59. The Morgan fingerprint density at radius 1 is 1.48 bits per heavy atom. The molecule has 0 aliphatic heterocycles. The number of hydrogen-bond donors (Lipinski definition) is 2. The number of carbonyl (C=O) groups excluding carboxylic acids is 1. The van der Waals surface area contributed by atoms with Gasteiger partial charge in [0.25, 0.3) is 5.91 Å². The van der Waals surface area contributed by atoms with E-state index in [1.807, 2.05) is 6.07 Å². The average molecular weight is 298 g/mol. The largest absolute Gasteiger partial charge is 0.503 e. The molecule has 112 valence electrons. The van der Waals surface area contributed by atoms with Crippen molar-refractivity contribution in [1.29, 1.82) is 5.26 Å². The van der Waals surface area contributed by atoms with Gasteiger partial charge in [-0.3, -0.25) is 4.79 Å². The first-order valence-electron chi connectivity index (χ1n) is 6.42. The highest BCUT2D eigenvalue weighted by atomic mass is 19.2. The first kappa shape index (κ1) is 15.2. The monoisotopic (exact) mass is 298 g/mol. The van der Waals surface area contributed by atoms with E-state index in [2.05, 4.69) is 5.32 Å². The molecule has 7 heteroatoms. The van der Waals surface area contributed by atoms with E-state index in [1.54, 1.807) is 6.92 Å². The molecule has 2 N–H and O–H groups in total. The van der Waals surface area contributed by atoms with Crippen LogP contribution in [0.1, 0.15) is 36.5 Å². The van der Waals surface area contributed by atoms with Crippen molar-refractivity contribution >= 4 is 5.91 Å². The van der Waals surface area contributed by atoms with Crippen LogP contribution in [-0.4, -0.2) is 16.6 Å². The van der Waals surface area contributed by atoms with Crippen molar-refractivity contribution in [3.63, 3.8) is 0 Å². The lowest BCUT2D eigenvalue weighted by Crippen LogP contribution is -2.49. The minimum Gasteiger partial charge on any atom is -0.503 e. The maximum absolute atomic E-state index is 13.7.